The van der Waals surface area contributed by atoms with Crippen LogP contribution in [0.2, 0.25) is 0 Å². The second kappa shape index (κ2) is 7.32. The van der Waals surface area contributed by atoms with E-state index in [2.05, 4.69) is 12.2 Å². The van der Waals surface area contributed by atoms with Crippen molar-refractivity contribution >= 4 is 0 Å². The maximum atomic E-state index is 13.5. The standard InChI is InChI=1S/C18H21F2N/c1-3-21-12-13(2)18(14-6-4-8-16(19)10-14)15-7-5-9-17(20)11-15/h4-11,13,18,21H,3,12H2,1-2H3. The molecule has 2 aromatic rings. The zero-order chi connectivity index (χ0) is 15.2. The minimum Gasteiger partial charge on any atom is -0.317 e. The first kappa shape index (κ1) is 15.6. The normalized spacial score (nSPS) is 12.6. The highest BCUT2D eigenvalue weighted by Crippen LogP contribution is 2.32. The first-order chi connectivity index (χ1) is 10.1. The van der Waals surface area contributed by atoms with E-state index in [9.17, 15) is 8.78 Å². The molecule has 1 unspecified atom stereocenters. The summed E-state index contributed by atoms with van der Waals surface area (Å²) in [5.41, 5.74) is 1.76. The summed E-state index contributed by atoms with van der Waals surface area (Å²) in [6, 6.07) is 13.2. The highest BCUT2D eigenvalue weighted by Gasteiger charge is 2.22. The van der Waals surface area contributed by atoms with Gasteiger partial charge in [0.25, 0.3) is 0 Å². The Bertz CT molecular complexity index is 537. The fraction of sp³-hybridized carbons (Fsp3) is 0.333. The molecule has 0 amide bonds. The maximum Gasteiger partial charge on any atom is 0.123 e. The Morgan fingerprint density at radius 3 is 1.90 bits per heavy atom. The summed E-state index contributed by atoms with van der Waals surface area (Å²) in [7, 11) is 0. The van der Waals surface area contributed by atoms with Gasteiger partial charge in [-0.3, -0.25) is 0 Å². The van der Waals surface area contributed by atoms with E-state index in [0.717, 1.165) is 24.2 Å². The monoisotopic (exact) mass is 289 g/mol. The molecule has 1 N–H and O–H groups in total. The highest BCUT2D eigenvalue weighted by molar-refractivity contribution is 5.34. The van der Waals surface area contributed by atoms with Crippen LogP contribution in [0.4, 0.5) is 8.78 Å². The second-order valence-electron chi connectivity index (χ2n) is 5.37. The maximum absolute atomic E-state index is 13.5. The van der Waals surface area contributed by atoms with Crippen molar-refractivity contribution in [1.29, 1.82) is 0 Å². The van der Waals surface area contributed by atoms with Crippen molar-refractivity contribution in [3.05, 3.63) is 71.3 Å². The van der Waals surface area contributed by atoms with Gasteiger partial charge in [-0.1, -0.05) is 38.1 Å². The zero-order valence-corrected chi connectivity index (χ0v) is 12.4. The lowest BCUT2D eigenvalue weighted by Crippen LogP contribution is -2.26. The Balaban J connectivity index is 2.39. The van der Waals surface area contributed by atoms with Gasteiger partial charge in [-0.2, -0.15) is 0 Å². The molecular weight excluding hydrogens is 268 g/mol. The van der Waals surface area contributed by atoms with Gasteiger partial charge in [0.1, 0.15) is 11.6 Å². The first-order valence-electron chi connectivity index (χ1n) is 7.33. The summed E-state index contributed by atoms with van der Waals surface area (Å²) in [4.78, 5) is 0. The van der Waals surface area contributed by atoms with Crippen LogP contribution in [0.3, 0.4) is 0 Å². The van der Waals surface area contributed by atoms with Crippen LogP contribution in [-0.2, 0) is 0 Å². The molecule has 1 nitrogen and oxygen atoms in total. The van der Waals surface area contributed by atoms with Crippen LogP contribution in [0.15, 0.2) is 48.5 Å². The predicted octanol–water partition coefficient (Wildman–Crippen LogP) is 4.34. The van der Waals surface area contributed by atoms with Crippen LogP contribution in [-0.4, -0.2) is 13.1 Å². The Hall–Kier alpha value is -1.74. The van der Waals surface area contributed by atoms with Crippen LogP contribution in [0.1, 0.15) is 30.9 Å². The van der Waals surface area contributed by atoms with Gasteiger partial charge in [0.15, 0.2) is 0 Å². The van der Waals surface area contributed by atoms with Crippen molar-refractivity contribution in [3.8, 4) is 0 Å². The number of hydrogen-bond acceptors (Lipinski definition) is 1. The lowest BCUT2D eigenvalue weighted by atomic mass is 9.81. The average Bonchev–Trinajstić information content (AvgIpc) is 2.45. The van der Waals surface area contributed by atoms with E-state index in [1.54, 1.807) is 12.1 Å². The van der Waals surface area contributed by atoms with E-state index in [-0.39, 0.29) is 23.5 Å². The molecule has 0 heterocycles. The molecular formula is C18H21F2N. The Morgan fingerprint density at radius 1 is 0.952 bits per heavy atom. The summed E-state index contributed by atoms with van der Waals surface area (Å²) in [5, 5.41) is 3.31. The van der Waals surface area contributed by atoms with Gasteiger partial charge < -0.3 is 5.32 Å². The topological polar surface area (TPSA) is 12.0 Å². The van der Waals surface area contributed by atoms with Gasteiger partial charge >= 0.3 is 0 Å². The number of hydrogen-bond donors (Lipinski definition) is 1. The highest BCUT2D eigenvalue weighted by atomic mass is 19.1. The third-order valence-electron chi connectivity index (χ3n) is 3.70. The molecule has 3 heteroatoms. The van der Waals surface area contributed by atoms with E-state index in [0.29, 0.717) is 0 Å². The molecule has 2 aromatic carbocycles. The number of halogens is 2. The Labute approximate surface area is 125 Å². The smallest absolute Gasteiger partial charge is 0.123 e. The summed E-state index contributed by atoms with van der Waals surface area (Å²) >= 11 is 0. The number of benzene rings is 2. The van der Waals surface area contributed by atoms with Crippen LogP contribution >= 0.6 is 0 Å². The Morgan fingerprint density at radius 2 is 1.48 bits per heavy atom. The molecule has 0 aliphatic rings. The van der Waals surface area contributed by atoms with Crippen molar-refractivity contribution in [2.45, 2.75) is 19.8 Å². The van der Waals surface area contributed by atoms with Crippen molar-refractivity contribution in [2.75, 3.05) is 13.1 Å². The van der Waals surface area contributed by atoms with E-state index < -0.39 is 0 Å². The molecule has 21 heavy (non-hydrogen) atoms. The van der Waals surface area contributed by atoms with Crippen LogP contribution in [0.5, 0.6) is 0 Å². The quantitative estimate of drug-likeness (QED) is 0.834. The zero-order valence-electron chi connectivity index (χ0n) is 12.4. The molecule has 1 atom stereocenters. The second-order valence-corrected chi connectivity index (χ2v) is 5.37. The summed E-state index contributed by atoms with van der Waals surface area (Å²) < 4.78 is 27.1. The van der Waals surface area contributed by atoms with E-state index in [1.165, 1.54) is 24.3 Å². The molecule has 0 saturated carbocycles. The summed E-state index contributed by atoms with van der Waals surface area (Å²) in [6.45, 7) is 5.83. The van der Waals surface area contributed by atoms with E-state index in [1.807, 2.05) is 19.1 Å². The summed E-state index contributed by atoms with van der Waals surface area (Å²) in [5.74, 6) is -0.321. The number of rotatable bonds is 6. The number of nitrogens with one attached hydrogen (secondary N) is 1. The molecule has 0 bridgehead atoms. The van der Waals surface area contributed by atoms with Gasteiger partial charge in [-0.25, -0.2) is 8.78 Å². The molecule has 0 spiro atoms. The minimum atomic E-state index is -0.260. The first-order valence-corrected chi connectivity index (χ1v) is 7.33. The molecule has 112 valence electrons. The lowest BCUT2D eigenvalue weighted by Gasteiger charge is -2.25. The molecule has 0 radical (unpaired) electrons. The average molecular weight is 289 g/mol. The fourth-order valence-corrected chi connectivity index (χ4v) is 2.74. The van der Waals surface area contributed by atoms with Crippen LogP contribution in [0.25, 0.3) is 0 Å². The molecule has 0 aliphatic heterocycles. The third kappa shape index (κ3) is 4.11. The molecule has 0 aromatic heterocycles. The van der Waals surface area contributed by atoms with Gasteiger partial charge in [-0.15, -0.1) is 0 Å². The van der Waals surface area contributed by atoms with Gasteiger partial charge in [0, 0.05) is 5.92 Å². The van der Waals surface area contributed by atoms with Gasteiger partial charge in [0.2, 0.25) is 0 Å². The van der Waals surface area contributed by atoms with Crippen molar-refractivity contribution < 1.29 is 8.78 Å². The third-order valence-corrected chi connectivity index (χ3v) is 3.70. The minimum absolute atomic E-state index is 0.0320. The Kier molecular flexibility index (Phi) is 5.45. The SMILES string of the molecule is CCNCC(C)C(c1cccc(F)c1)c1cccc(F)c1. The van der Waals surface area contributed by atoms with Gasteiger partial charge in [-0.05, 0) is 54.4 Å². The van der Waals surface area contributed by atoms with E-state index in [4.69, 9.17) is 0 Å². The predicted molar refractivity (Wildman–Crippen MR) is 82.4 cm³/mol. The lowest BCUT2D eigenvalue weighted by molar-refractivity contribution is 0.469. The van der Waals surface area contributed by atoms with Crippen molar-refractivity contribution in [3.63, 3.8) is 0 Å². The largest absolute Gasteiger partial charge is 0.317 e. The van der Waals surface area contributed by atoms with Crippen molar-refractivity contribution in [2.24, 2.45) is 5.92 Å². The molecule has 0 saturated heterocycles. The molecule has 0 fully saturated rings. The van der Waals surface area contributed by atoms with Crippen molar-refractivity contribution in [1.82, 2.24) is 5.32 Å². The molecule has 0 aliphatic carbocycles. The fourth-order valence-electron chi connectivity index (χ4n) is 2.74. The van der Waals surface area contributed by atoms with Gasteiger partial charge in [0.05, 0.1) is 0 Å². The van der Waals surface area contributed by atoms with Crippen LogP contribution in [0, 0.1) is 17.6 Å². The van der Waals surface area contributed by atoms with Crippen LogP contribution < -0.4 is 5.32 Å². The summed E-state index contributed by atoms with van der Waals surface area (Å²) in [6.07, 6.45) is 0. The van der Waals surface area contributed by atoms with E-state index >= 15 is 0 Å². The molecule has 2 rings (SSSR count).